The summed E-state index contributed by atoms with van der Waals surface area (Å²) in [7, 11) is -1.67. The first kappa shape index (κ1) is 15.7. The van der Waals surface area contributed by atoms with Crippen LogP contribution in [0.15, 0.2) is 29.6 Å². The number of hydrogen-bond acceptors (Lipinski definition) is 4. The van der Waals surface area contributed by atoms with Crippen molar-refractivity contribution in [3.8, 4) is 0 Å². The molecule has 0 saturated carbocycles. The zero-order valence-electron chi connectivity index (χ0n) is 12.3. The van der Waals surface area contributed by atoms with Gasteiger partial charge in [0.25, 0.3) is 0 Å². The lowest BCUT2D eigenvalue weighted by molar-refractivity contribution is 0.580. The lowest BCUT2D eigenvalue weighted by Crippen LogP contribution is -2.22. The van der Waals surface area contributed by atoms with Crippen molar-refractivity contribution in [3.05, 3.63) is 35.9 Å². The van der Waals surface area contributed by atoms with Gasteiger partial charge in [-0.1, -0.05) is 6.92 Å². The van der Waals surface area contributed by atoms with Gasteiger partial charge in [0, 0.05) is 43.3 Å². The van der Waals surface area contributed by atoms with Crippen molar-refractivity contribution in [2.45, 2.75) is 37.9 Å². The Bertz CT molecular complexity index is 637. The first-order valence-corrected chi connectivity index (χ1v) is 8.36. The third kappa shape index (κ3) is 3.93. The Balaban J connectivity index is 2.16. The van der Waals surface area contributed by atoms with Gasteiger partial charge in [0.05, 0.1) is 11.1 Å². The third-order valence-corrected chi connectivity index (χ3v) is 4.48. The molecular weight excluding hydrogens is 290 g/mol. The molecule has 0 aromatic carbocycles. The maximum atomic E-state index is 12.3. The van der Waals surface area contributed by atoms with E-state index in [1.165, 1.54) is 0 Å². The van der Waals surface area contributed by atoms with E-state index in [1.807, 2.05) is 11.6 Å². The summed E-state index contributed by atoms with van der Waals surface area (Å²) in [6, 6.07) is 1.71. The van der Waals surface area contributed by atoms with E-state index in [4.69, 9.17) is 0 Å². The molecule has 7 nitrogen and oxygen atoms in total. The smallest absolute Gasteiger partial charge is 0.242 e. The minimum Gasteiger partial charge on any atom is -0.349 e. The van der Waals surface area contributed by atoms with Crippen LogP contribution in [0.3, 0.4) is 0 Å². The summed E-state index contributed by atoms with van der Waals surface area (Å²) in [5.74, 6) is 0. The van der Waals surface area contributed by atoms with Gasteiger partial charge in [0.2, 0.25) is 10.0 Å². The molecule has 0 fully saturated rings. The third-order valence-electron chi connectivity index (χ3n) is 3.11. The highest BCUT2D eigenvalue weighted by atomic mass is 32.2. The number of aromatic amines is 1. The molecule has 2 aromatic heterocycles. The van der Waals surface area contributed by atoms with Crippen molar-refractivity contribution < 1.29 is 8.42 Å². The monoisotopic (exact) mass is 311 g/mol. The zero-order valence-corrected chi connectivity index (χ0v) is 13.1. The SMILES string of the molecule is CCCn1cc(S(=O)(=O)NCc2cn[nH]c2)cc1CNC. The van der Waals surface area contributed by atoms with Crippen LogP contribution in [-0.4, -0.2) is 30.2 Å². The van der Waals surface area contributed by atoms with Crippen LogP contribution in [0.2, 0.25) is 0 Å². The van der Waals surface area contributed by atoms with Crippen LogP contribution in [0.25, 0.3) is 0 Å². The van der Waals surface area contributed by atoms with Crippen LogP contribution >= 0.6 is 0 Å². The van der Waals surface area contributed by atoms with Gasteiger partial charge in [-0.2, -0.15) is 5.10 Å². The van der Waals surface area contributed by atoms with Gasteiger partial charge in [-0.25, -0.2) is 13.1 Å². The number of H-pyrrole nitrogens is 1. The van der Waals surface area contributed by atoms with E-state index in [0.717, 1.165) is 24.2 Å². The number of aryl methyl sites for hydroxylation is 1. The van der Waals surface area contributed by atoms with E-state index in [-0.39, 0.29) is 6.54 Å². The molecule has 0 saturated heterocycles. The van der Waals surface area contributed by atoms with Gasteiger partial charge >= 0.3 is 0 Å². The molecule has 0 spiro atoms. The summed E-state index contributed by atoms with van der Waals surface area (Å²) < 4.78 is 29.2. The Hall–Kier alpha value is -1.64. The number of rotatable bonds is 8. The summed E-state index contributed by atoms with van der Waals surface area (Å²) >= 11 is 0. The molecule has 116 valence electrons. The molecule has 8 heteroatoms. The Labute approximate surface area is 124 Å². The second-order valence-electron chi connectivity index (χ2n) is 4.82. The van der Waals surface area contributed by atoms with Gasteiger partial charge in [-0.15, -0.1) is 0 Å². The van der Waals surface area contributed by atoms with Crippen molar-refractivity contribution in [2.75, 3.05) is 7.05 Å². The highest BCUT2D eigenvalue weighted by Crippen LogP contribution is 2.15. The fourth-order valence-electron chi connectivity index (χ4n) is 2.09. The molecule has 0 aliphatic carbocycles. The molecular formula is C13H21N5O2S. The van der Waals surface area contributed by atoms with Crippen LogP contribution < -0.4 is 10.0 Å². The van der Waals surface area contributed by atoms with E-state index < -0.39 is 10.0 Å². The fourth-order valence-corrected chi connectivity index (χ4v) is 3.17. The Morgan fingerprint density at radius 3 is 2.81 bits per heavy atom. The van der Waals surface area contributed by atoms with Crippen molar-refractivity contribution in [3.63, 3.8) is 0 Å². The first-order chi connectivity index (χ1) is 10.1. The van der Waals surface area contributed by atoms with Crippen molar-refractivity contribution >= 4 is 10.0 Å². The average molecular weight is 311 g/mol. The molecule has 3 N–H and O–H groups in total. The lowest BCUT2D eigenvalue weighted by Gasteiger charge is -2.06. The second-order valence-corrected chi connectivity index (χ2v) is 6.59. The molecule has 0 aliphatic rings. The number of nitrogens with one attached hydrogen (secondary N) is 3. The highest BCUT2D eigenvalue weighted by molar-refractivity contribution is 7.89. The van der Waals surface area contributed by atoms with Gasteiger partial charge < -0.3 is 9.88 Å². The Kier molecular flexibility index (Phi) is 5.16. The quantitative estimate of drug-likeness (QED) is 0.673. The summed E-state index contributed by atoms with van der Waals surface area (Å²) in [4.78, 5) is 0.296. The standard InChI is InChI=1S/C13H21N5O2S/c1-3-4-18-10-13(5-12(18)9-14-2)21(19,20)17-8-11-6-15-16-7-11/h5-7,10,14,17H,3-4,8-9H2,1-2H3,(H,15,16). The number of aromatic nitrogens is 3. The molecule has 2 aromatic rings. The van der Waals surface area contributed by atoms with Crippen LogP contribution in [-0.2, 0) is 29.7 Å². The van der Waals surface area contributed by atoms with Crippen LogP contribution in [0.5, 0.6) is 0 Å². The van der Waals surface area contributed by atoms with Gasteiger partial charge in [0.1, 0.15) is 0 Å². The number of hydrogen-bond donors (Lipinski definition) is 3. The van der Waals surface area contributed by atoms with Crippen molar-refractivity contribution in [1.82, 2.24) is 24.8 Å². The largest absolute Gasteiger partial charge is 0.349 e. The minimum absolute atomic E-state index is 0.221. The lowest BCUT2D eigenvalue weighted by atomic mass is 10.4. The maximum Gasteiger partial charge on any atom is 0.242 e. The van der Waals surface area contributed by atoms with Crippen molar-refractivity contribution in [1.29, 1.82) is 0 Å². The van der Waals surface area contributed by atoms with Gasteiger partial charge in [-0.05, 0) is 19.5 Å². The van der Waals surface area contributed by atoms with E-state index >= 15 is 0 Å². The topological polar surface area (TPSA) is 91.8 Å². The van der Waals surface area contributed by atoms with E-state index in [9.17, 15) is 8.42 Å². The molecule has 0 amide bonds. The van der Waals surface area contributed by atoms with E-state index in [0.29, 0.717) is 11.4 Å². The van der Waals surface area contributed by atoms with Gasteiger partial charge in [-0.3, -0.25) is 5.10 Å². The molecule has 0 bridgehead atoms. The molecule has 21 heavy (non-hydrogen) atoms. The predicted molar refractivity (Wildman–Crippen MR) is 80.1 cm³/mol. The minimum atomic E-state index is -3.51. The summed E-state index contributed by atoms with van der Waals surface area (Å²) in [5, 5.41) is 9.50. The molecule has 2 heterocycles. The van der Waals surface area contributed by atoms with E-state index in [2.05, 4.69) is 27.2 Å². The highest BCUT2D eigenvalue weighted by Gasteiger charge is 2.18. The van der Waals surface area contributed by atoms with Crippen LogP contribution in [0.4, 0.5) is 0 Å². The summed E-state index contributed by atoms with van der Waals surface area (Å²) in [6.07, 6.45) is 5.90. The molecule has 0 unspecified atom stereocenters. The maximum absolute atomic E-state index is 12.3. The fraction of sp³-hybridized carbons (Fsp3) is 0.462. The average Bonchev–Trinajstić information content (AvgIpc) is 3.08. The first-order valence-electron chi connectivity index (χ1n) is 6.87. The summed E-state index contributed by atoms with van der Waals surface area (Å²) in [6.45, 7) is 3.72. The van der Waals surface area contributed by atoms with Crippen LogP contribution in [0.1, 0.15) is 24.6 Å². The number of nitrogens with zero attached hydrogens (tertiary/aromatic N) is 2. The molecule has 0 atom stereocenters. The Morgan fingerprint density at radius 2 is 2.19 bits per heavy atom. The van der Waals surface area contributed by atoms with Crippen LogP contribution in [0, 0.1) is 0 Å². The number of sulfonamides is 1. The second kappa shape index (κ2) is 6.88. The molecule has 2 rings (SSSR count). The summed E-state index contributed by atoms with van der Waals surface area (Å²) in [5.41, 5.74) is 1.75. The molecule has 0 radical (unpaired) electrons. The predicted octanol–water partition coefficient (Wildman–Crippen LogP) is 0.819. The van der Waals surface area contributed by atoms with E-state index in [1.54, 1.807) is 24.7 Å². The molecule has 0 aliphatic heterocycles. The van der Waals surface area contributed by atoms with Gasteiger partial charge in [0.15, 0.2) is 0 Å². The van der Waals surface area contributed by atoms with Crippen molar-refractivity contribution in [2.24, 2.45) is 0 Å². The Morgan fingerprint density at radius 1 is 1.38 bits per heavy atom. The normalized spacial score (nSPS) is 11.9. The zero-order chi connectivity index (χ0) is 15.3.